The van der Waals surface area contributed by atoms with Crippen molar-refractivity contribution in [2.45, 2.75) is 6.54 Å². The summed E-state index contributed by atoms with van der Waals surface area (Å²) in [7, 11) is 1.75. The van der Waals surface area contributed by atoms with Gasteiger partial charge in [0.25, 0.3) is 0 Å². The highest BCUT2D eigenvalue weighted by Crippen LogP contribution is 2.11. The fourth-order valence-corrected chi connectivity index (χ4v) is 1.71. The van der Waals surface area contributed by atoms with E-state index in [2.05, 4.69) is 10.2 Å². The molecule has 0 aliphatic heterocycles. The zero-order valence-electron chi connectivity index (χ0n) is 10.5. The molecule has 1 aromatic carbocycles. The van der Waals surface area contributed by atoms with E-state index in [1.165, 1.54) is 0 Å². The molecule has 0 spiro atoms. The molecule has 19 heavy (non-hydrogen) atoms. The van der Waals surface area contributed by atoms with E-state index >= 15 is 0 Å². The van der Waals surface area contributed by atoms with Crippen molar-refractivity contribution in [1.82, 2.24) is 15.1 Å². The number of amides is 1. The van der Waals surface area contributed by atoms with Gasteiger partial charge in [0.15, 0.2) is 0 Å². The van der Waals surface area contributed by atoms with Crippen LogP contribution in [0.3, 0.4) is 0 Å². The number of benzene rings is 1. The lowest BCUT2D eigenvalue weighted by Gasteiger charge is -2.13. The highest BCUT2D eigenvalue weighted by Gasteiger charge is 2.06. The Morgan fingerprint density at radius 2 is 2.16 bits per heavy atom. The number of rotatable bonds is 4. The van der Waals surface area contributed by atoms with Crippen molar-refractivity contribution in [2.24, 2.45) is 0 Å². The van der Waals surface area contributed by atoms with Crippen LogP contribution in [0, 0.1) is 0 Å². The first kappa shape index (κ1) is 13.4. The van der Waals surface area contributed by atoms with Crippen molar-refractivity contribution in [1.29, 1.82) is 0 Å². The first-order valence-corrected chi connectivity index (χ1v) is 6.19. The number of carbonyl (C=O) groups is 1. The zero-order chi connectivity index (χ0) is 13.7. The molecule has 0 saturated carbocycles. The predicted molar refractivity (Wildman–Crippen MR) is 75.5 cm³/mol. The third kappa shape index (κ3) is 3.96. The lowest BCUT2D eigenvalue weighted by molar-refractivity contribution is -0.125. The second kappa shape index (κ2) is 6.20. The number of hydrogen-bond acceptors (Lipinski definition) is 2. The Bertz CT molecular complexity index is 561. The quantitative estimate of drug-likeness (QED) is 0.872. The first-order chi connectivity index (χ1) is 9.15. The van der Waals surface area contributed by atoms with E-state index in [0.29, 0.717) is 11.6 Å². The van der Waals surface area contributed by atoms with Crippen LogP contribution in [0.4, 0.5) is 0 Å². The summed E-state index contributed by atoms with van der Waals surface area (Å²) in [5.74, 6) is -0.0591. The van der Waals surface area contributed by atoms with Crippen LogP contribution in [0.15, 0.2) is 42.7 Å². The molecule has 0 radical (unpaired) electrons. The van der Waals surface area contributed by atoms with Gasteiger partial charge in [-0.1, -0.05) is 23.7 Å². The van der Waals surface area contributed by atoms with Gasteiger partial charge >= 0.3 is 0 Å². The summed E-state index contributed by atoms with van der Waals surface area (Å²) < 4.78 is 0. The van der Waals surface area contributed by atoms with Gasteiger partial charge in [-0.15, -0.1) is 0 Å². The van der Waals surface area contributed by atoms with Crippen LogP contribution in [-0.4, -0.2) is 28.1 Å². The van der Waals surface area contributed by atoms with Gasteiger partial charge in [0.1, 0.15) is 0 Å². The van der Waals surface area contributed by atoms with Crippen molar-refractivity contribution >= 4 is 23.6 Å². The molecule has 2 aromatic rings. The number of nitrogens with one attached hydrogen (secondary N) is 1. The maximum absolute atomic E-state index is 11.9. The van der Waals surface area contributed by atoms with Crippen LogP contribution < -0.4 is 0 Å². The Hall–Kier alpha value is -2.07. The van der Waals surface area contributed by atoms with Crippen molar-refractivity contribution in [3.63, 3.8) is 0 Å². The van der Waals surface area contributed by atoms with E-state index in [1.54, 1.807) is 48.6 Å². The van der Waals surface area contributed by atoms with E-state index in [0.717, 1.165) is 11.1 Å². The lowest BCUT2D eigenvalue weighted by Crippen LogP contribution is -2.23. The molecule has 1 aromatic heterocycles. The average Bonchev–Trinajstić information content (AvgIpc) is 2.90. The SMILES string of the molecule is CN(Cc1cn[nH]c1)C(=O)C=Cc1ccc(Cl)cc1. The number of carbonyl (C=O) groups excluding carboxylic acids is 1. The van der Waals surface area contributed by atoms with Gasteiger partial charge in [0.2, 0.25) is 5.91 Å². The van der Waals surface area contributed by atoms with E-state index in [-0.39, 0.29) is 5.91 Å². The molecule has 1 N–H and O–H groups in total. The molecule has 0 saturated heterocycles. The molecule has 0 aliphatic rings. The molecular formula is C14H14ClN3O. The third-order valence-electron chi connectivity index (χ3n) is 2.64. The molecule has 0 aliphatic carbocycles. The van der Waals surface area contributed by atoms with Crippen LogP contribution >= 0.6 is 11.6 Å². The number of halogens is 1. The Morgan fingerprint density at radius 3 is 2.79 bits per heavy atom. The molecule has 1 amide bonds. The topological polar surface area (TPSA) is 49.0 Å². The maximum atomic E-state index is 11.9. The number of H-pyrrole nitrogens is 1. The van der Waals surface area contributed by atoms with Crippen molar-refractivity contribution < 1.29 is 4.79 Å². The fraction of sp³-hybridized carbons (Fsp3) is 0.143. The fourth-order valence-electron chi connectivity index (χ4n) is 1.58. The Labute approximate surface area is 116 Å². The molecule has 0 unspecified atom stereocenters. The van der Waals surface area contributed by atoms with Gasteiger partial charge in [-0.3, -0.25) is 9.89 Å². The van der Waals surface area contributed by atoms with Gasteiger partial charge < -0.3 is 4.90 Å². The van der Waals surface area contributed by atoms with Crippen LogP contribution in [-0.2, 0) is 11.3 Å². The monoisotopic (exact) mass is 275 g/mol. The smallest absolute Gasteiger partial charge is 0.246 e. The normalized spacial score (nSPS) is 10.8. The molecular weight excluding hydrogens is 262 g/mol. The summed E-state index contributed by atoms with van der Waals surface area (Å²) in [5, 5.41) is 7.24. The van der Waals surface area contributed by atoms with Gasteiger partial charge in [0.05, 0.1) is 6.20 Å². The Balaban J connectivity index is 1.94. The van der Waals surface area contributed by atoms with E-state index in [1.807, 2.05) is 12.1 Å². The van der Waals surface area contributed by atoms with Gasteiger partial charge in [-0.2, -0.15) is 5.10 Å². The number of likely N-dealkylation sites (N-methyl/N-ethyl adjacent to an activating group) is 1. The van der Waals surface area contributed by atoms with Gasteiger partial charge in [0, 0.05) is 36.5 Å². The highest BCUT2D eigenvalue weighted by atomic mass is 35.5. The average molecular weight is 276 g/mol. The van der Waals surface area contributed by atoms with Crippen molar-refractivity contribution in [3.8, 4) is 0 Å². The summed E-state index contributed by atoms with van der Waals surface area (Å²) in [6.07, 6.45) is 6.78. The van der Waals surface area contributed by atoms with Crippen LogP contribution in [0.5, 0.6) is 0 Å². The molecule has 1 heterocycles. The van der Waals surface area contributed by atoms with E-state index < -0.39 is 0 Å². The maximum Gasteiger partial charge on any atom is 0.246 e. The second-order valence-electron chi connectivity index (χ2n) is 4.19. The summed E-state index contributed by atoms with van der Waals surface area (Å²) in [6, 6.07) is 7.31. The first-order valence-electron chi connectivity index (χ1n) is 5.81. The Kier molecular flexibility index (Phi) is 4.36. The minimum atomic E-state index is -0.0591. The van der Waals surface area contributed by atoms with Crippen LogP contribution in [0.2, 0.25) is 5.02 Å². The van der Waals surface area contributed by atoms with Gasteiger partial charge in [-0.05, 0) is 23.8 Å². The van der Waals surface area contributed by atoms with E-state index in [4.69, 9.17) is 11.6 Å². The zero-order valence-corrected chi connectivity index (χ0v) is 11.3. The molecule has 0 atom stereocenters. The predicted octanol–water partition coefficient (Wildman–Crippen LogP) is 2.73. The number of nitrogens with zero attached hydrogens (tertiary/aromatic N) is 2. The number of aromatic amines is 1. The number of hydrogen-bond donors (Lipinski definition) is 1. The molecule has 0 fully saturated rings. The third-order valence-corrected chi connectivity index (χ3v) is 2.89. The summed E-state index contributed by atoms with van der Waals surface area (Å²) in [4.78, 5) is 13.5. The molecule has 0 bridgehead atoms. The lowest BCUT2D eigenvalue weighted by atomic mass is 10.2. The van der Waals surface area contributed by atoms with Gasteiger partial charge in [-0.25, -0.2) is 0 Å². The van der Waals surface area contributed by atoms with Crippen LogP contribution in [0.1, 0.15) is 11.1 Å². The largest absolute Gasteiger partial charge is 0.338 e. The Morgan fingerprint density at radius 1 is 1.42 bits per heavy atom. The standard InChI is InChI=1S/C14H14ClN3O/c1-18(10-12-8-16-17-9-12)14(19)7-4-11-2-5-13(15)6-3-11/h2-9H,10H2,1H3,(H,16,17). The minimum absolute atomic E-state index is 0.0591. The summed E-state index contributed by atoms with van der Waals surface area (Å²) >= 11 is 5.80. The summed E-state index contributed by atoms with van der Waals surface area (Å²) in [5.41, 5.74) is 1.91. The number of aromatic nitrogens is 2. The summed E-state index contributed by atoms with van der Waals surface area (Å²) in [6.45, 7) is 0.528. The molecule has 5 heteroatoms. The molecule has 2 rings (SSSR count). The van der Waals surface area contributed by atoms with Crippen molar-refractivity contribution in [3.05, 3.63) is 58.9 Å². The highest BCUT2D eigenvalue weighted by molar-refractivity contribution is 6.30. The second-order valence-corrected chi connectivity index (χ2v) is 4.62. The minimum Gasteiger partial charge on any atom is -0.338 e. The van der Waals surface area contributed by atoms with E-state index in [9.17, 15) is 4.79 Å². The van der Waals surface area contributed by atoms with Crippen molar-refractivity contribution in [2.75, 3.05) is 7.05 Å². The van der Waals surface area contributed by atoms with Crippen LogP contribution in [0.25, 0.3) is 6.08 Å². The molecule has 98 valence electrons. The molecule has 4 nitrogen and oxygen atoms in total.